The number of hydrogen-bond acceptors (Lipinski definition) is 5. The molecule has 0 aliphatic carbocycles. The maximum absolute atomic E-state index is 12.6. The van der Waals surface area contributed by atoms with Gasteiger partial charge in [-0.2, -0.15) is 0 Å². The van der Waals surface area contributed by atoms with E-state index in [1.165, 1.54) is 11.8 Å². The third-order valence-corrected chi connectivity index (χ3v) is 4.19. The molecule has 126 valence electrons. The lowest BCUT2D eigenvalue weighted by atomic mass is 10.0. The van der Waals surface area contributed by atoms with E-state index in [-0.39, 0.29) is 31.2 Å². The SMILES string of the molecule is C[C@@H](Oc1cccc2c1CN([C@@H]1CCC(=O)NC1=O)C2=O)C(=O)O. The van der Waals surface area contributed by atoms with Crippen molar-refractivity contribution in [1.82, 2.24) is 10.2 Å². The van der Waals surface area contributed by atoms with Crippen LogP contribution in [0.3, 0.4) is 0 Å². The Balaban J connectivity index is 1.86. The Morgan fingerprint density at radius 1 is 1.38 bits per heavy atom. The van der Waals surface area contributed by atoms with Crippen molar-refractivity contribution >= 4 is 23.7 Å². The van der Waals surface area contributed by atoms with Crippen molar-refractivity contribution in [2.75, 3.05) is 0 Å². The highest BCUT2D eigenvalue weighted by Crippen LogP contribution is 2.33. The summed E-state index contributed by atoms with van der Waals surface area (Å²) in [5, 5.41) is 11.2. The minimum absolute atomic E-state index is 0.142. The van der Waals surface area contributed by atoms with E-state index in [0.29, 0.717) is 16.9 Å². The van der Waals surface area contributed by atoms with Gasteiger partial charge < -0.3 is 14.7 Å². The van der Waals surface area contributed by atoms with E-state index in [1.807, 2.05) is 0 Å². The van der Waals surface area contributed by atoms with Crippen LogP contribution < -0.4 is 10.1 Å². The van der Waals surface area contributed by atoms with Gasteiger partial charge in [0, 0.05) is 17.5 Å². The van der Waals surface area contributed by atoms with E-state index >= 15 is 0 Å². The van der Waals surface area contributed by atoms with E-state index in [9.17, 15) is 19.2 Å². The smallest absolute Gasteiger partial charge is 0.344 e. The van der Waals surface area contributed by atoms with Gasteiger partial charge in [0.1, 0.15) is 11.8 Å². The Bertz CT molecular complexity index is 744. The van der Waals surface area contributed by atoms with Crippen molar-refractivity contribution in [3.05, 3.63) is 29.3 Å². The van der Waals surface area contributed by atoms with Crippen molar-refractivity contribution in [3.8, 4) is 5.75 Å². The van der Waals surface area contributed by atoms with Gasteiger partial charge in [0.2, 0.25) is 11.8 Å². The van der Waals surface area contributed by atoms with E-state index < -0.39 is 24.0 Å². The first kappa shape index (κ1) is 16.0. The van der Waals surface area contributed by atoms with Crippen LogP contribution in [0.5, 0.6) is 5.75 Å². The summed E-state index contributed by atoms with van der Waals surface area (Å²) in [5.41, 5.74) is 0.940. The van der Waals surface area contributed by atoms with Crippen LogP contribution in [0.4, 0.5) is 0 Å². The van der Waals surface area contributed by atoms with E-state index in [0.717, 1.165) is 0 Å². The number of carboxylic acids is 1. The molecular formula is C16H16N2O6. The molecule has 0 aromatic heterocycles. The van der Waals surface area contributed by atoms with Crippen LogP contribution in [-0.4, -0.2) is 45.8 Å². The van der Waals surface area contributed by atoms with Gasteiger partial charge in [-0.15, -0.1) is 0 Å². The van der Waals surface area contributed by atoms with Gasteiger partial charge in [-0.3, -0.25) is 19.7 Å². The average molecular weight is 332 g/mol. The normalized spacial score (nSPS) is 21.3. The number of nitrogens with one attached hydrogen (secondary N) is 1. The first-order chi connectivity index (χ1) is 11.4. The fourth-order valence-electron chi connectivity index (χ4n) is 2.91. The number of carbonyl (C=O) groups is 4. The van der Waals surface area contributed by atoms with Gasteiger partial charge >= 0.3 is 5.97 Å². The van der Waals surface area contributed by atoms with Gasteiger partial charge in [-0.25, -0.2) is 4.79 Å². The standard InChI is InChI=1S/C16H16N2O6/c1-8(16(22)23)24-12-4-2-3-9-10(12)7-18(15(9)21)11-5-6-13(19)17-14(11)20/h2-4,8,11H,5-7H2,1H3,(H,22,23)(H,17,19,20)/t8-,11-/m1/s1. The second kappa shape index (κ2) is 5.95. The zero-order valence-electron chi connectivity index (χ0n) is 12.9. The monoisotopic (exact) mass is 332 g/mol. The predicted octanol–water partition coefficient (Wildman–Crippen LogP) is 0.299. The van der Waals surface area contributed by atoms with Crippen LogP contribution in [0.1, 0.15) is 35.7 Å². The molecule has 8 nitrogen and oxygen atoms in total. The van der Waals surface area contributed by atoms with Crippen molar-refractivity contribution in [2.24, 2.45) is 0 Å². The Labute approximate surface area is 137 Å². The maximum atomic E-state index is 12.6. The lowest BCUT2D eigenvalue weighted by molar-refractivity contribution is -0.144. The Morgan fingerprint density at radius 2 is 2.12 bits per heavy atom. The van der Waals surface area contributed by atoms with E-state index in [2.05, 4.69) is 5.32 Å². The molecule has 0 saturated carbocycles. The number of hydrogen-bond donors (Lipinski definition) is 2. The quantitative estimate of drug-likeness (QED) is 0.767. The topological polar surface area (TPSA) is 113 Å². The van der Waals surface area contributed by atoms with Crippen LogP contribution in [0, 0.1) is 0 Å². The molecule has 2 heterocycles. The third kappa shape index (κ3) is 2.70. The molecule has 8 heteroatoms. The third-order valence-electron chi connectivity index (χ3n) is 4.19. The van der Waals surface area contributed by atoms with E-state index in [4.69, 9.17) is 9.84 Å². The molecule has 0 spiro atoms. The molecule has 3 rings (SSSR count). The number of rotatable bonds is 4. The predicted molar refractivity (Wildman–Crippen MR) is 80.2 cm³/mol. The molecule has 1 fully saturated rings. The van der Waals surface area contributed by atoms with Crippen LogP contribution in [0.25, 0.3) is 0 Å². The highest BCUT2D eigenvalue weighted by Gasteiger charge is 2.40. The lowest BCUT2D eigenvalue weighted by Gasteiger charge is -2.29. The van der Waals surface area contributed by atoms with Crippen molar-refractivity contribution in [2.45, 2.75) is 38.5 Å². The summed E-state index contributed by atoms with van der Waals surface area (Å²) in [5.74, 6) is -1.97. The van der Waals surface area contributed by atoms with Gasteiger partial charge in [-0.05, 0) is 25.5 Å². The van der Waals surface area contributed by atoms with Crippen molar-refractivity contribution < 1.29 is 29.0 Å². The average Bonchev–Trinajstić information content (AvgIpc) is 2.85. The molecular weight excluding hydrogens is 316 g/mol. The summed E-state index contributed by atoms with van der Waals surface area (Å²) in [6, 6.07) is 4.10. The fourth-order valence-corrected chi connectivity index (χ4v) is 2.91. The molecule has 24 heavy (non-hydrogen) atoms. The number of fused-ring (bicyclic) bond motifs is 1. The first-order valence-corrected chi connectivity index (χ1v) is 7.54. The van der Waals surface area contributed by atoms with Gasteiger partial charge in [0.15, 0.2) is 6.10 Å². The highest BCUT2D eigenvalue weighted by molar-refractivity contribution is 6.05. The van der Waals surface area contributed by atoms with Crippen molar-refractivity contribution in [3.63, 3.8) is 0 Å². The molecule has 2 aliphatic heterocycles. The van der Waals surface area contributed by atoms with E-state index in [1.54, 1.807) is 18.2 Å². The van der Waals surface area contributed by atoms with Crippen LogP contribution in [-0.2, 0) is 20.9 Å². The number of piperidine rings is 1. The summed E-state index contributed by atoms with van der Waals surface area (Å²) < 4.78 is 5.41. The number of ether oxygens (including phenoxy) is 1. The molecule has 0 unspecified atom stereocenters. The minimum atomic E-state index is -1.11. The van der Waals surface area contributed by atoms with Gasteiger partial charge in [0.25, 0.3) is 5.91 Å². The van der Waals surface area contributed by atoms with Crippen LogP contribution in [0.2, 0.25) is 0 Å². The summed E-state index contributed by atoms with van der Waals surface area (Å²) in [7, 11) is 0. The molecule has 2 atom stereocenters. The van der Waals surface area contributed by atoms with Gasteiger partial charge in [0.05, 0.1) is 6.54 Å². The number of carboxylic acid groups (broad SMARTS) is 1. The number of imide groups is 1. The maximum Gasteiger partial charge on any atom is 0.344 e. The summed E-state index contributed by atoms with van der Waals surface area (Å²) >= 11 is 0. The number of nitrogens with zero attached hydrogens (tertiary/aromatic N) is 1. The number of benzene rings is 1. The molecule has 2 aliphatic rings. The second-order valence-electron chi connectivity index (χ2n) is 5.78. The highest BCUT2D eigenvalue weighted by atomic mass is 16.5. The molecule has 0 radical (unpaired) electrons. The van der Waals surface area contributed by atoms with Gasteiger partial charge in [-0.1, -0.05) is 6.07 Å². The fraction of sp³-hybridized carbons (Fsp3) is 0.375. The summed E-state index contributed by atoms with van der Waals surface area (Å²) in [6.07, 6.45) is -0.613. The Kier molecular flexibility index (Phi) is 3.96. The molecule has 3 amide bonds. The zero-order valence-corrected chi connectivity index (χ0v) is 12.9. The zero-order chi connectivity index (χ0) is 17.4. The first-order valence-electron chi connectivity index (χ1n) is 7.54. The molecule has 1 aromatic carbocycles. The Morgan fingerprint density at radius 3 is 2.79 bits per heavy atom. The molecule has 1 aromatic rings. The van der Waals surface area contributed by atoms with Crippen molar-refractivity contribution in [1.29, 1.82) is 0 Å². The molecule has 2 N–H and O–H groups in total. The van der Waals surface area contributed by atoms with Crippen LogP contribution >= 0.6 is 0 Å². The summed E-state index contributed by atoms with van der Waals surface area (Å²) in [4.78, 5) is 48.2. The Hall–Kier alpha value is -2.90. The largest absolute Gasteiger partial charge is 0.479 e. The summed E-state index contributed by atoms with van der Waals surface area (Å²) in [6.45, 7) is 1.54. The number of amides is 3. The number of carbonyl (C=O) groups excluding carboxylic acids is 3. The second-order valence-corrected chi connectivity index (χ2v) is 5.78. The lowest BCUT2D eigenvalue weighted by Crippen LogP contribution is -2.52. The minimum Gasteiger partial charge on any atom is -0.479 e. The molecule has 0 bridgehead atoms. The number of aliphatic carboxylic acids is 1. The van der Waals surface area contributed by atoms with Crippen LogP contribution in [0.15, 0.2) is 18.2 Å². The molecule has 1 saturated heterocycles.